The zero-order chi connectivity index (χ0) is 20.7. The monoisotopic (exact) mass is 405 g/mol. The summed E-state index contributed by atoms with van der Waals surface area (Å²) >= 11 is 0. The third kappa shape index (κ3) is 3.62. The van der Waals surface area contributed by atoms with Crippen LogP contribution in [0.2, 0.25) is 0 Å². The maximum atomic E-state index is 12.4. The predicted molar refractivity (Wildman–Crippen MR) is 111 cm³/mol. The van der Waals surface area contributed by atoms with Gasteiger partial charge in [0.15, 0.2) is 0 Å². The number of hydrazone groups is 1. The summed E-state index contributed by atoms with van der Waals surface area (Å²) in [6.07, 6.45) is 3.31. The lowest BCUT2D eigenvalue weighted by Crippen LogP contribution is -2.34. The first-order valence-corrected chi connectivity index (χ1v) is 11.4. The molecule has 2 saturated carbocycles. The zero-order valence-corrected chi connectivity index (χ0v) is 18.2. The number of rotatable bonds is 6. The van der Waals surface area contributed by atoms with E-state index in [0.29, 0.717) is 5.92 Å². The van der Waals surface area contributed by atoms with E-state index in [-0.39, 0.29) is 34.6 Å². The number of carbonyl (C=O) groups is 1. The van der Waals surface area contributed by atoms with Gasteiger partial charge in [0.2, 0.25) is 15.9 Å². The molecule has 2 fully saturated rings. The molecule has 1 aromatic carbocycles. The summed E-state index contributed by atoms with van der Waals surface area (Å²) in [6.45, 7) is 10.7. The highest BCUT2D eigenvalue weighted by Gasteiger charge is 2.60. The Balaban J connectivity index is 1.53. The third-order valence-electron chi connectivity index (χ3n) is 7.26. The van der Waals surface area contributed by atoms with Gasteiger partial charge in [-0.1, -0.05) is 26.8 Å². The minimum Gasteiger partial charge on any atom is -0.273 e. The molecule has 6 nitrogen and oxygen atoms in total. The molecule has 154 valence electrons. The van der Waals surface area contributed by atoms with Crippen LogP contribution in [0.1, 0.15) is 57.6 Å². The van der Waals surface area contributed by atoms with Gasteiger partial charge in [-0.05, 0) is 67.7 Å². The Morgan fingerprint density at radius 1 is 1.21 bits per heavy atom. The van der Waals surface area contributed by atoms with Crippen LogP contribution in [0, 0.1) is 30.6 Å². The summed E-state index contributed by atoms with van der Waals surface area (Å²) in [5, 5.41) is 4.41. The smallest absolute Gasteiger partial charge is 0.241 e. The fourth-order valence-electron chi connectivity index (χ4n) is 4.55. The molecule has 0 heterocycles. The van der Waals surface area contributed by atoms with Crippen molar-refractivity contribution in [2.75, 3.05) is 6.54 Å². The number of nitrogens with one attached hydrogen (secondary N) is 2. The van der Waals surface area contributed by atoms with Crippen molar-refractivity contribution in [3.05, 3.63) is 29.3 Å². The fourth-order valence-corrected chi connectivity index (χ4v) is 5.66. The number of amides is 1. The fraction of sp³-hybridized carbons (Fsp3) is 0.619. The van der Waals surface area contributed by atoms with Crippen LogP contribution in [0.15, 0.2) is 28.2 Å². The highest BCUT2D eigenvalue weighted by Crippen LogP contribution is 2.63. The predicted octanol–water partition coefficient (Wildman–Crippen LogP) is 3.29. The summed E-state index contributed by atoms with van der Waals surface area (Å²) < 4.78 is 27.2. The van der Waals surface area contributed by atoms with Gasteiger partial charge in [0, 0.05) is 24.1 Å². The normalized spacial score (nSPS) is 27.3. The number of nitrogens with zero attached hydrogens (tertiary/aromatic N) is 1. The van der Waals surface area contributed by atoms with Gasteiger partial charge in [-0.3, -0.25) is 4.79 Å². The van der Waals surface area contributed by atoms with Crippen LogP contribution in [0.5, 0.6) is 0 Å². The standard InChI is InChI=1S/C21H31N3O3S/c1-14-6-7-17(12-15(14)2)28(26,27)22-11-9-19(25)24-23-18-13-16-8-10-21(18,5)20(16,3)4/h6-7,12,16,22H,8-11,13H2,1-5H3,(H,24,25)/b23-18-/t16-,21+/m0/s1. The molecule has 2 aliphatic rings. The molecule has 1 amide bonds. The Morgan fingerprint density at radius 3 is 2.50 bits per heavy atom. The Labute approximate surface area is 168 Å². The topological polar surface area (TPSA) is 87.6 Å². The minimum atomic E-state index is -3.62. The van der Waals surface area contributed by atoms with Crippen LogP contribution in [0.4, 0.5) is 0 Å². The first-order chi connectivity index (χ1) is 13.0. The van der Waals surface area contributed by atoms with E-state index in [1.165, 1.54) is 6.42 Å². The van der Waals surface area contributed by atoms with Crippen molar-refractivity contribution in [1.29, 1.82) is 0 Å². The Kier molecular flexibility index (Phi) is 5.44. The molecule has 0 aliphatic heterocycles. The average molecular weight is 406 g/mol. The van der Waals surface area contributed by atoms with Crippen LogP contribution < -0.4 is 10.1 Å². The number of carbonyl (C=O) groups excluding carboxylic acids is 1. The molecule has 0 aromatic heterocycles. The molecule has 1 aromatic rings. The molecule has 2 atom stereocenters. The van der Waals surface area contributed by atoms with E-state index < -0.39 is 10.0 Å². The van der Waals surface area contributed by atoms with Crippen molar-refractivity contribution < 1.29 is 13.2 Å². The zero-order valence-electron chi connectivity index (χ0n) is 17.4. The lowest BCUT2D eigenvalue weighted by atomic mass is 9.70. The van der Waals surface area contributed by atoms with Gasteiger partial charge in [-0.2, -0.15) is 5.10 Å². The van der Waals surface area contributed by atoms with Crippen molar-refractivity contribution in [1.82, 2.24) is 10.1 Å². The Hall–Kier alpha value is -1.73. The number of fused-ring (bicyclic) bond motifs is 2. The molecular weight excluding hydrogens is 374 g/mol. The molecule has 2 aliphatic carbocycles. The van der Waals surface area contributed by atoms with E-state index in [9.17, 15) is 13.2 Å². The van der Waals surface area contributed by atoms with Gasteiger partial charge in [0.05, 0.1) is 4.90 Å². The van der Waals surface area contributed by atoms with Crippen molar-refractivity contribution in [2.24, 2.45) is 21.8 Å². The third-order valence-corrected chi connectivity index (χ3v) is 8.72. The molecular formula is C21H31N3O3S. The number of hydrogen-bond donors (Lipinski definition) is 2. The molecule has 0 radical (unpaired) electrons. The molecule has 0 unspecified atom stereocenters. The second-order valence-corrected chi connectivity index (χ2v) is 10.7. The summed E-state index contributed by atoms with van der Waals surface area (Å²) in [6, 6.07) is 5.00. The molecule has 7 heteroatoms. The largest absolute Gasteiger partial charge is 0.273 e. The lowest BCUT2D eigenvalue weighted by molar-refractivity contribution is -0.120. The van der Waals surface area contributed by atoms with Crippen LogP contribution >= 0.6 is 0 Å². The van der Waals surface area contributed by atoms with Crippen LogP contribution in [0.3, 0.4) is 0 Å². The summed E-state index contributed by atoms with van der Waals surface area (Å²) in [5.74, 6) is 0.345. The van der Waals surface area contributed by atoms with Gasteiger partial charge in [0.1, 0.15) is 0 Å². The molecule has 28 heavy (non-hydrogen) atoms. The quantitative estimate of drug-likeness (QED) is 0.712. The number of sulfonamides is 1. The first-order valence-electron chi connectivity index (χ1n) is 9.90. The van der Waals surface area contributed by atoms with E-state index in [0.717, 1.165) is 29.7 Å². The maximum Gasteiger partial charge on any atom is 0.241 e. The highest BCUT2D eigenvalue weighted by atomic mass is 32.2. The van der Waals surface area contributed by atoms with E-state index in [4.69, 9.17) is 0 Å². The minimum absolute atomic E-state index is 0.0375. The molecule has 2 N–H and O–H groups in total. The van der Waals surface area contributed by atoms with E-state index in [1.54, 1.807) is 18.2 Å². The molecule has 3 rings (SSSR count). The Morgan fingerprint density at radius 2 is 1.93 bits per heavy atom. The van der Waals surface area contributed by atoms with E-state index in [2.05, 4.69) is 36.0 Å². The van der Waals surface area contributed by atoms with Gasteiger partial charge >= 0.3 is 0 Å². The van der Waals surface area contributed by atoms with Gasteiger partial charge in [-0.15, -0.1) is 0 Å². The van der Waals surface area contributed by atoms with Crippen molar-refractivity contribution in [3.8, 4) is 0 Å². The van der Waals surface area contributed by atoms with E-state index >= 15 is 0 Å². The average Bonchev–Trinajstić information content (AvgIpc) is 2.95. The summed E-state index contributed by atoms with van der Waals surface area (Å²) in [7, 11) is -3.62. The molecule has 2 bridgehead atoms. The second kappa shape index (κ2) is 7.26. The highest BCUT2D eigenvalue weighted by molar-refractivity contribution is 7.89. The van der Waals surface area contributed by atoms with Crippen molar-refractivity contribution >= 4 is 21.6 Å². The van der Waals surface area contributed by atoms with Crippen molar-refractivity contribution in [3.63, 3.8) is 0 Å². The first kappa shape index (κ1) is 21.0. The van der Waals surface area contributed by atoms with Crippen LogP contribution in [-0.4, -0.2) is 26.6 Å². The van der Waals surface area contributed by atoms with Crippen molar-refractivity contribution in [2.45, 2.75) is 65.2 Å². The summed E-state index contributed by atoms with van der Waals surface area (Å²) in [5.41, 5.74) is 5.89. The molecule has 0 saturated heterocycles. The molecule has 0 spiro atoms. The second-order valence-electron chi connectivity index (χ2n) is 8.98. The van der Waals surface area contributed by atoms with E-state index in [1.807, 2.05) is 13.8 Å². The van der Waals surface area contributed by atoms with Crippen LogP contribution in [0.25, 0.3) is 0 Å². The maximum absolute atomic E-state index is 12.4. The number of aryl methyl sites for hydroxylation is 2. The summed E-state index contributed by atoms with van der Waals surface area (Å²) in [4.78, 5) is 12.4. The lowest BCUT2D eigenvalue weighted by Gasteiger charge is -2.34. The van der Waals surface area contributed by atoms with Gasteiger partial charge < -0.3 is 0 Å². The van der Waals surface area contributed by atoms with Crippen LogP contribution in [-0.2, 0) is 14.8 Å². The number of benzene rings is 1. The van der Waals surface area contributed by atoms with Gasteiger partial charge in [-0.25, -0.2) is 18.6 Å². The Bertz CT molecular complexity index is 921. The SMILES string of the molecule is Cc1ccc(S(=O)(=O)NCCC(=O)N/N=C2/C[C@@H]3CC[C@@]2(C)C3(C)C)cc1C. The number of hydrogen-bond acceptors (Lipinski definition) is 4. The van der Waals surface area contributed by atoms with Gasteiger partial charge in [0.25, 0.3) is 0 Å².